The third-order valence-corrected chi connectivity index (χ3v) is 5.19. The number of rotatable bonds is 8. The summed E-state index contributed by atoms with van der Waals surface area (Å²) < 4.78 is 10.8. The van der Waals surface area contributed by atoms with Gasteiger partial charge in [-0.25, -0.2) is 0 Å². The molecule has 0 saturated heterocycles. The summed E-state index contributed by atoms with van der Waals surface area (Å²) in [4.78, 5) is 13.6. The van der Waals surface area contributed by atoms with Crippen LogP contribution in [0, 0.1) is 0 Å². The van der Waals surface area contributed by atoms with Gasteiger partial charge in [0.2, 0.25) is 5.91 Å². The lowest BCUT2D eigenvalue weighted by molar-refractivity contribution is -0.890. The first-order valence-corrected chi connectivity index (χ1v) is 9.98. The number of carbonyl (C=O) groups excluding carboxylic acids is 1. The molecular formula is C25H29N2O3+. The maximum absolute atomic E-state index is 12.4. The molecule has 0 bridgehead atoms. The SMILES string of the molecule is COc1ccc2cc(/C=C/C(=O)NC[C@H](c3ccccc3OC)[NH+](C)C)ccc2c1. The van der Waals surface area contributed by atoms with Gasteiger partial charge in [-0.2, -0.15) is 0 Å². The zero-order chi connectivity index (χ0) is 21.5. The molecule has 0 aliphatic rings. The van der Waals surface area contributed by atoms with Gasteiger partial charge in [-0.3, -0.25) is 4.79 Å². The molecule has 5 heteroatoms. The van der Waals surface area contributed by atoms with Gasteiger partial charge in [-0.15, -0.1) is 0 Å². The summed E-state index contributed by atoms with van der Waals surface area (Å²) >= 11 is 0. The number of para-hydroxylation sites is 1. The van der Waals surface area contributed by atoms with Gasteiger partial charge in [0.1, 0.15) is 17.5 Å². The van der Waals surface area contributed by atoms with Crippen LogP contribution < -0.4 is 19.7 Å². The molecule has 3 aromatic rings. The van der Waals surface area contributed by atoms with Crippen molar-refractivity contribution in [2.75, 3.05) is 34.9 Å². The van der Waals surface area contributed by atoms with Crippen LogP contribution >= 0.6 is 0 Å². The maximum atomic E-state index is 12.4. The number of ether oxygens (including phenoxy) is 2. The van der Waals surface area contributed by atoms with Crippen LogP contribution in [0.3, 0.4) is 0 Å². The Bertz CT molecular complexity index is 1040. The highest BCUT2D eigenvalue weighted by Gasteiger charge is 2.21. The highest BCUT2D eigenvalue weighted by Crippen LogP contribution is 2.23. The average Bonchev–Trinajstić information content (AvgIpc) is 2.77. The highest BCUT2D eigenvalue weighted by atomic mass is 16.5. The number of methoxy groups -OCH3 is 2. The van der Waals surface area contributed by atoms with Crippen molar-refractivity contribution in [3.63, 3.8) is 0 Å². The molecule has 3 aromatic carbocycles. The molecule has 0 heterocycles. The lowest BCUT2D eigenvalue weighted by Gasteiger charge is -2.23. The Labute approximate surface area is 177 Å². The minimum Gasteiger partial charge on any atom is -0.497 e. The van der Waals surface area contributed by atoms with Crippen molar-refractivity contribution in [3.05, 3.63) is 77.9 Å². The van der Waals surface area contributed by atoms with Crippen LogP contribution in [0.25, 0.3) is 16.8 Å². The van der Waals surface area contributed by atoms with E-state index in [0.29, 0.717) is 6.54 Å². The third-order valence-electron chi connectivity index (χ3n) is 5.19. The van der Waals surface area contributed by atoms with E-state index in [1.807, 2.05) is 60.7 Å². The molecule has 156 valence electrons. The Kier molecular flexibility index (Phi) is 7.09. The summed E-state index contributed by atoms with van der Waals surface area (Å²) in [6.45, 7) is 0.517. The highest BCUT2D eigenvalue weighted by molar-refractivity contribution is 5.93. The Morgan fingerprint density at radius 2 is 1.73 bits per heavy atom. The van der Waals surface area contributed by atoms with Crippen molar-refractivity contribution >= 4 is 22.8 Å². The van der Waals surface area contributed by atoms with Gasteiger partial charge in [0.15, 0.2) is 0 Å². The van der Waals surface area contributed by atoms with E-state index in [9.17, 15) is 4.79 Å². The molecule has 0 unspecified atom stereocenters. The molecule has 0 fully saturated rings. The summed E-state index contributed by atoms with van der Waals surface area (Å²) in [5.74, 6) is 1.55. The van der Waals surface area contributed by atoms with Gasteiger partial charge in [0.05, 0.1) is 40.4 Å². The van der Waals surface area contributed by atoms with Crippen molar-refractivity contribution in [2.24, 2.45) is 0 Å². The van der Waals surface area contributed by atoms with Crippen LogP contribution in [0.1, 0.15) is 17.2 Å². The van der Waals surface area contributed by atoms with Gasteiger partial charge in [0, 0.05) is 6.08 Å². The normalized spacial score (nSPS) is 12.3. The van der Waals surface area contributed by atoms with Crippen molar-refractivity contribution in [2.45, 2.75) is 6.04 Å². The van der Waals surface area contributed by atoms with E-state index in [1.54, 1.807) is 20.3 Å². The van der Waals surface area contributed by atoms with E-state index in [-0.39, 0.29) is 11.9 Å². The summed E-state index contributed by atoms with van der Waals surface area (Å²) in [5, 5.41) is 5.22. The Hall–Kier alpha value is -3.31. The van der Waals surface area contributed by atoms with Crippen LogP contribution in [-0.2, 0) is 4.79 Å². The summed E-state index contributed by atoms with van der Waals surface area (Å²) in [7, 11) is 7.47. The molecule has 0 saturated carbocycles. The van der Waals surface area contributed by atoms with Crippen LogP contribution in [0.4, 0.5) is 0 Å². The fourth-order valence-corrected chi connectivity index (χ4v) is 3.49. The molecule has 5 nitrogen and oxygen atoms in total. The number of amides is 1. The molecule has 30 heavy (non-hydrogen) atoms. The molecule has 1 atom stereocenters. The number of quaternary nitrogens is 1. The topological polar surface area (TPSA) is 52.0 Å². The lowest BCUT2D eigenvalue weighted by atomic mass is 10.0. The van der Waals surface area contributed by atoms with E-state index in [1.165, 1.54) is 4.90 Å². The number of hydrogen-bond acceptors (Lipinski definition) is 3. The molecule has 0 aliphatic carbocycles. The largest absolute Gasteiger partial charge is 0.497 e. The number of carbonyl (C=O) groups is 1. The van der Waals surface area contributed by atoms with E-state index < -0.39 is 0 Å². The van der Waals surface area contributed by atoms with Crippen LogP contribution in [0.15, 0.2) is 66.7 Å². The van der Waals surface area contributed by atoms with E-state index in [4.69, 9.17) is 9.47 Å². The van der Waals surface area contributed by atoms with Crippen molar-refractivity contribution in [3.8, 4) is 11.5 Å². The molecule has 1 amide bonds. The zero-order valence-corrected chi connectivity index (χ0v) is 17.9. The van der Waals surface area contributed by atoms with E-state index >= 15 is 0 Å². The van der Waals surface area contributed by atoms with Gasteiger partial charge >= 0.3 is 0 Å². The monoisotopic (exact) mass is 405 g/mol. The Morgan fingerprint density at radius 1 is 1.00 bits per heavy atom. The first kappa shape index (κ1) is 21.4. The molecule has 0 spiro atoms. The molecule has 0 radical (unpaired) electrons. The third kappa shape index (κ3) is 5.19. The second-order valence-electron chi connectivity index (χ2n) is 7.42. The maximum Gasteiger partial charge on any atom is 0.244 e. The second-order valence-corrected chi connectivity index (χ2v) is 7.42. The number of hydrogen-bond donors (Lipinski definition) is 2. The predicted molar refractivity (Wildman–Crippen MR) is 121 cm³/mol. The number of nitrogens with one attached hydrogen (secondary N) is 2. The van der Waals surface area contributed by atoms with Gasteiger partial charge in [-0.05, 0) is 52.7 Å². The van der Waals surface area contributed by atoms with Crippen LogP contribution in [-0.4, -0.2) is 40.8 Å². The number of likely N-dealkylation sites (N-methyl/N-ethyl adjacent to an activating group) is 1. The average molecular weight is 406 g/mol. The molecule has 2 N–H and O–H groups in total. The Morgan fingerprint density at radius 3 is 2.47 bits per heavy atom. The number of fused-ring (bicyclic) bond motifs is 1. The number of benzene rings is 3. The Balaban J connectivity index is 1.66. The minimum atomic E-state index is -0.119. The quantitative estimate of drug-likeness (QED) is 0.567. The summed E-state index contributed by atoms with van der Waals surface area (Å²) in [5.41, 5.74) is 2.05. The van der Waals surface area contributed by atoms with Crippen molar-refractivity contribution in [1.29, 1.82) is 0 Å². The molecule has 0 aromatic heterocycles. The zero-order valence-electron chi connectivity index (χ0n) is 17.9. The minimum absolute atomic E-state index is 0.0918. The first-order valence-electron chi connectivity index (χ1n) is 9.98. The second kappa shape index (κ2) is 9.94. The predicted octanol–water partition coefficient (Wildman–Crippen LogP) is 2.87. The van der Waals surface area contributed by atoms with E-state index in [0.717, 1.165) is 33.4 Å². The fourth-order valence-electron chi connectivity index (χ4n) is 3.49. The molecule has 3 rings (SSSR count). The molecular weight excluding hydrogens is 376 g/mol. The summed E-state index contributed by atoms with van der Waals surface area (Å²) in [6, 6.07) is 20.1. The van der Waals surface area contributed by atoms with Gasteiger partial charge in [-0.1, -0.05) is 30.3 Å². The first-order chi connectivity index (χ1) is 14.5. The van der Waals surface area contributed by atoms with Gasteiger partial charge in [0.25, 0.3) is 0 Å². The van der Waals surface area contributed by atoms with Crippen LogP contribution in [0.2, 0.25) is 0 Å². The smallest absolute Gasteiger partial charge is 0.244 e. The molecule has 0 aliphatic heterocycles. The standard InChI is InChI=1S/C25H28N2O3/c1-27(2)23(22-7-5-6-8-24(22)30-4)17-26-25(28)14-10-18-9-11-20-16-21(29-3)13-12-19(20)15-18/h5-16,23H,17H2,1-4H3,(H,26,28)/p+1/b14-10+/t23-/m1/s1. The van der Waals surface area contributed by atoms with Gasteiger partial charge < -0.3 is 19.7 Å². The van der Waals surface area contributed by atoms with E-state index in [2.05, 4.69) is 25.5 Å². The summed E-state index contributed by atoms with van der Waals surface area (Å²) in [6.07, 6.45) is 3.41. The van der Waals surface area contributed by atoms with Crippen molar-refractivity contribution < 1.29 is 19.2 Å². The van der Waals surface area contributed by atoms with Crippen molar-refractivity contribution in [1.82, 2.24) is 5.32 Å². The lowest BCUT2D eigenvalue weighted by Crippen LogP contribution is -3.07. The van der Waals surface area contributed by atoms with Crippen LogP contribution in [0.5, 0.6) is 11.5 Å². The fraction of sp³-hybridized carbons (Fsp3) is 0.240.